The van der Waals surface area contributed by atoms with Crippen LogP contribution in [0.4, 0.5) is 0 Å². The highest BCUT2D eigenvalue weighted by molar-refractivity contribution is 5.62. The van der Waals surface area contributed by atoms with Crippen LogP contribution in [0.25, 0.3) is 6.08 Å². The average molecular weight is 381 g/mol. The molecule has 0 N–H and O–H groups in total. The fourth-order valence-corrected chi connectivity index (χ4v) is 4.16. The summed E-state index contributed by atoms with van der Waals surface area (Å²) in [6, 6.07) is 12.9. The molecule has 1 aliphatic rings. The van der Waals surface area contributed by atoms with Gasteiger partial charge >= 0.3 is 0 Å². The summed E-state index contributed by atoms with van der Waals surface area (Å²) < 4.78 is 16.6. The largest absolute Gasteiger partial charge is 0.496 e. The zero-order chi connectivity index (χ0) is 19.9. The van der Waals surface area contributed by atoms with E-state index in [1.54, 1.807) is 21.3 Å². The van der Waals surface area contributed by atoms with E-state index in [-0.39, 0.29) is 0 Å². The Balaban J connectivity index is 2.01. The molecule has 28 heavy (non-hydrogen) atoms. The Labute approximate surface area is 169 Å². The number of hydrogen-bond acceptors (Lipinski definition) is 3. The second-order valence-electron chi connectivity index (χ2n) is 7.47. The lowest BCUT2D eigenvalue weighted by Gasteiger charge is -2.20. The van der Waals surface area contributed by atoms with Gasteiger partial charge in [-0.1, -0.05) is 37.1 Å². The fourth-order valence-electron chi connectivity index (χ4n) is 4.16. The molecule has 150 valence electrons. The van der Waals surface area contributed by atoms with E-state index >= 15 is 0 Å². The smallest absolute Gasteiger partial charge is 0.161 e. The summed E-state index contributed by atoms with van der Waals surface area (Å²) in [7, 11) is 5.12. The summed E-state index contributed by atoms with van der Waals surface area (Å²) in [4.78, 5) is 0. The van der Waals surface area contributed by atoms with E-state index < -0.39 is 0 Å². The summed E-state index contributed by atoms with van der Waals surface area (Å²) in [5, 5.41) is 0. The van der Waals surface area contributed by atoms with Gasteiger partial charge in [-0.15, -0.1) is 0 Å². The van der Waals surface area contributed by atoms with Crippen molar-refractivity contribution in [1.29, 1.82) is 0 Å². The molecule has 0 aliphatic heterocycles. The summed E-state index contributed by atoms with van der Waals surface area (Å²) in [6.07, 6.45) is 9.56. The van der Waals surface area contributed by atoms with Gasteiger partial charge in [0.2, 0.25) is 0 Å². The van der Waals surface area contributed by atoms with Gasteiger partial charge in [-0.05, 0) is 67.5 Å². The number of benzene rings is 2. The van der Waals surface area contributed by atoms with E-state index in [1.807, 2.05) is 6.07 Å². The molecule has 1 unspecified atom stereocenters. The van der Waals surface area contributed by atoms with Gasteiger partial charge in [-0.3, -0.25) is 0 Å². The van der Waals surface area contributed by atoms with Gasteiger partial charge in [0.25, 0.3) is 0 Å². The average Bonchev–Trinajstić information content (AvgIpc) is 3.24. The number of rotatable bonds is 8. The first-order valence-electron chi connectivity index (χ1n) is 10.3. The standard InChI is InChI=1S/C25H32O3/c1-5-8-22(20-12-14-24(27-3)25(17-20)28-4)19-11-13-23(26-2)21(16-19)15-18-9-6-7-10-18/h11-17,22H,5-10H2,1-4H3. The van der Waals surface area contributed by atoms with E-state index in [4.69, 9.17) is 14.2 Å². The molecular weight excluding hydrogens is 348 g/mol. The van der Waals surface area contributed by atoms with Crippen molar-refractivity contribution in [2.24, 2.45) is 0 Å². The van der Waals surface area contributed by atoms with Crippen LogP contribution in [0, 0.1) is 0 Å². The van der Waals surface area contributed by atoms with Crippen LogP contribution in [0.5, 0.6) is 17.2 Å². The van der Waals surface area contributed by atoms with Gasteiger partial charge in [0.05, 0.1) is 21.3 Å². The fraction of sp³-hybridized carbons (Fsp3) is 0.440. The highest BCUT2D eigenvalue weighted by Crippen LogP contribution is 2.38. The minimum absolute atomic E-state index is 0.316. The molecule has 1 aliphatic carbocycles. The van der Waals surface area contributed by atoms with Gasteiger partial charge in [-0.2, -0.15) is 0 Å². The third-order valence-corrected chi connectivity index (χ3v) is 5.65. The monoisotopic (exact) mass is 380 g/mol. The Morgan fingerprint density at radius 3 is 2.04 bits per heavy atom. The molecule has 3 nitrogen and oxygen atoms in total. The van der Waals surface area contributed by atoms with Crippen molar-refractivity contribution in [3.63, 3.8) is 0 Å². The normalized spacial score (nSPS) is 14.6. The van der Waals surface area contributed by atoms with Gasteiger partial charge in [0.15, 0.2) is 11.5 Å². The Bertz CT molecular complexity index is 815. The molecule has 0 amide bonds. The predicted octanol–water partition coefficient (Wildman–Crippen LogP) is 6.60. The van der Waals surface area contributed by atoms with Crippen LogP contribution in [0.1, 0.15) is 68.1 Å². The number of hydrogen-bond donors (Lipinski definition) is 0. The van der Waals surface area contributed by atoms with Gasteiger partial charge in [0.1, 0.15) is 5.75 Å². The first-order chi connectivity index (χ1) is 13.7. The van der Waals surface area contributed by atoms with Crippen molar-refractivity contribution >= 4 is 6.08 Å². The molecule has 2 aromatic rings. The maximum atomic E-state index is 5.64. The minimum atomic E-state index is 0.316. The molecule has 3 heteroatoms. The van der Waals surface area contributed by atoms with E-state index in [1.165, 1.54) is 47.9 Å². The van der Waals surface area contributed by atoms with Crippen molar-refractivity contribution in [1.82, 2.24) is 0 Å². The quantitative estimate of drug-likeness (QED) is 0.516. The van der Waals surface area contributed by atoms with Crippen LogP contribution in [0.2, 0.25) is 0 Å². The zero-order valence-electron chi connectivity index (χ0n) is 17.6. The lowest BCUT2D eigenvalue weighted by Crippen LogP contribution is -2.03. The maximum Gasteiger partial charge on any atom is 0.161 e. The highest BCUT2D eigenvalue weighted by Gasteiger charge is 2.18. The van der Waals surface area contributed by atoms with Crippen LogP contribution in [-0.4, -0.2) is 21.3 Å². The molecule has 0 spiro atoms. The molecule has 2 aromatic carbocycles. The van der Waals surface area contributed by atoms with Crippen molar-refractivity contribution in [3.05, 3.63) is 58.7 Å². The molecule has 1 atom stereocenters. The van der Waals surface area contributed by atoms with Crippen LogP contribution >= 0.6 is 0 Å². The number of allylic oxidation sites excluding steroid dienone is 1. The predicted molar refractivity (Wildman–Crippen MR) is 116 cm³/mol. The molecule has 0 heterocycles. The SMILES string of the molecule is CCCC(c1ccc(OC)c(C=C2CCCC2)c1)c1ccc(OC)c(OC)c1. The van der Waals surface area contributed by atoms with Gasteiger partial charge in [0, 0.05) is 11.5 Å². The minimum Gasteiger partial charge on any atom is -0.496 e. The van der Waals surface area contributed by atoms with Crippen molar-refractivity contribution in [2.45, 2.75) is 51.4 Å². The van der Waals surface area contributed by atoms with E-state index in [2.05, 4.69) is 43.3 Å². The van der Waals surface area contributed by atoms with E-state index in [0.29, 0.717) is 5.92 Å². The van der Waals surface area contributed by atoms with Crippen LogP contribution in [-0.2, 0) is 0 Å². The lowest BCUT2D eigenvalue weighted by molar-refractivity contribution is 0.354. The Kier molecular flexibility index (Phi) is 7.02. The number of methoxy groups -OCH3 is 3. The first kappa shape index (κ1) is 20.3. The summed E-state index contributed by atoms with van der Waals surface area (Å²) in [6.45, 7) is 2.23. The second kappa shape index (κ2) is 9.68. The van der Waals surface area contributed by atoms with Crippen LogP contribution < -0.4 is 14.2 Å². The van der Waals surface area contributed by atoms with Crippen LogP contribution in [0.3, 0.4) is 0 Å². The molecule has 0 saturated heterocycles. The Morgan fingerprint density at radius 1 is 0.821 bits per heavy atom. The molecule has 0 bridgehead atoms. The summed E-state index contributed by atoms with van der Waals surface area (Å²) in [5.74, 6) is 2.81. The lowest BCUT2D eigenvalue weighted by atomic mass is 9.86. The van der Waals surface area contributed by atoms with Gasteiger partial charge < -0.3 is 14.2 Å². The van der Waals surface area contributed by atoms with Gasteiger partial charge in [-0.25, -0.2) is 0 Å². The van der Waals surface area contributed by atoms with E-state index in [0.717, 1.165) is 30.1 Å². The Hall–Kier alpha value is -2.42. The first-order valence-corrected chi connectivity index (χ1v) is 10.3. The molecule has 0 radical (unpaired) electrons. The highest BCUT2D eigenvalue weighted by atomic mass is 16.5. The molecule has 0 aromatic heterocycles. The van der Waals surface area contributed by atoms with Crippen molar-refractivity contribution < 1.29 is 14.2 Å². The van der Waals surface area contributed by atoms with E-state index in [9.17, 15) is 0 Å². The maximum absolute atomic E-state index is 5.64. The van der Waals surface area contributed by atoms with Crippen LogP contribution in [0.15, 0.2) is 42.0 Å². The molecule has 1 saturated carbocycles. The van der Waals surface area contributed by atoms with Crippen molar-refractivity contribution in [3.8, 4) is 17.2 Å². The zero-order valence-corrected chi connectivity index (χ0v) is 17.6. The number of ether oxygens (including phenoxy) is 3. The summed E-state index contributed by atoms with van der Waals surface area (Å²) >= 11 is 0. The third kappa shape index (κ3) is 4.52. The molecular formula is C25H32O3. The third-order valence-electron chi connectivity index (χ3n) is 5.65. The second-order valence-corrected chi connectivity index (χ2v) is 7.47. The molecule has 1 fully saturated rings. The summed E-state index contributed by atoms with van der Waals surface area (Å²) in [5.41, 5.74) is 5.30. The van der Waals surface area contributed by atoms with Crippen molar-refractivity contribution in [2.75, 3.05) is 21.3 Å². The Morgan fingerprint density at radius 2 is 1.43 bits per heavy atom. The topological polar surface area (TPSA) is 27.7 Å². The molecule has 3 rings (SSSR count).